The molecule has 0 radical (unpaired) electrons. The minimum atomic E-state index is -1.04. The largest absolute Gasteiger partial charge is 0.493 e. The number of hydrogen-bond donors (Lipinski definition) is 2. The molecule has 36 heavy (non-hydrogen) atoms. The van der Waals surface area contributed by atoms with E-state index in [4.69, 9.17) is 14.5 Å². The van der Waals surface area contributed by atoms with Crippen LogP contribution in [0.25, 0.3) is 10.9 Å². The third kappa shape index (κ3) is 4.93. The number of methoxy groups -OCH3 is 1. The molecule has 9 nitrogen and oxygen atoms in total. The van der Waals surface area contributed by atoms with Crippen LogP contribution in [0.1, 0.15) is 35.8 Å². The third-order valence-corrected chi connectivity index (χ3v) is 6.20. The van der Waals surface area contributed by atoms with E-state index >= 15 is 0 Å². The van der Waals surface area contributed by atoms with E-state index in [-0.39, 0.29) is 12.3 Å². The van der Waals surface area contributed by atoms with Crippen LogP contribution in [-0.2, 0) is 17.6 Å². The zero-order valence-electron chi connectivity index (χ0n) is 19.8. The molecule has 0 amide bonds. The Balaban J connectivity index is 1.32. The van der Waals surface area contributed by atoms with Crippen molar-refractivity contribution in [3.05, 3.63) is 71.6 Å². The maximum absolute atomic E-state index is 14.3. The Kier molecular flexibility index (Phi) is 6.66. The summed E-state index contributed by atoms with van der Waals surface area (Å²) in [6.45, 7) is 1.46. The first-order valence-corrected chi connectivity index (χ1v) is 11.8. The molecule has 186 valence electrons. The minimum Gasteiger partial charge on any atom is -0.493 e. The molecule has 0 bridgehead atoms. The molecule has 1 unspecified atom stereocenters. The zero-order chi connectivity index (χ0) is 25.1. The molecule has 1 aromatic carbocycles. The van der Waals surface area contributed by atoms with Gasteiger partial charge in [-0.05, 0) is 54.8 Å². The average molecular weight is 492 g/mol. The van der Waals surface area contributed by atoms with E-state index in [1.807, 2.05) is 24.3 Å². The molecule has 2 N–H and O–H groups in total. The van der Waals surface area contributed by atoms with Gasteiger partial charge in [0.15, 0.2) is 5.82 Å². The second-order valence-corrected chi connectivity index (χ2v) is 8.61. The minimum absolute atomic E-state index is 0.151. The SMILES string of the molecule is COc1ncc(C(CC(=O)O)n2ncc3cc(OCCc4ccc5c(n4)CCCN5)ccc32)cc1F. The number of carboxylic acids is 1. The molecule has 4 heterocycles. The smallest absolute Gasteiger partial charge is 0.305 e. The highest BCUT2D eigenvalue weighted by atomic mass is 19.1. The van der Waals surface area contributed by atoms with E-state index in [0.717, 1.165) is 41.8 Å². The van der Waals surface area contributed by atoms with E-state index in [0.29, 0.717) is 29.9 Å². The van der Waals surface area contributed by atoms with E-state index in [1.54, 1.807) is 10.9 Å². The molecular formula is C26H26FN5O4. The van der Waals surface area contributed by atoms with Crippen molar-refractivity contribution in [1.29, 1.82) is 0 Å². The Morgan fingerprint density at radius 1 is 1.25 bits per heavy atom. The van der Waals surface area contributed by atoms with Gasteiger partial charge in [-0.25, -0.2) is 9.37 Å². The van der Waals surface area contributed by atoms with Crippen LogP contribution in [0.15, 0.2) is 48.8 Å². The Labute approximate surface area is 206 Å². The van der Waals surface area contributed by atoms with Gasteiger partial charge in [0.1, 0.15) is 5.75 Å². The van der Waals surface area contributed by atoms with Crippen molar-refractivity contribution in [2.75, 3.05) is 25.6 Å². The molecule has 1 aliphatic rings. The number of carbonyl (C=O) groups is 1. The van der Waals surface area contributed by atoms with Crippen LogP contribution >= 0.6 is 0 Å². The molecule has 1 atom stereocenters. The van der Waals surface area contributed by atoms with E-state index < -0.39 is 17.8 Å². The molecule has 3 aromatic heterocycles. The fraction of sp³-hybridized carbons (Fsp3) is 0.308. The van der Waals surface area contributed by atoms with Crippen molar-refractivity contribution in [2.24, 2.45) is 0 Å². The lowest BCUT2D eigenvalue weighted by molar-refractivity contribution is -0.137. The van der Waals surface area contributed by atoms with Gasteiger partial charge >= 0.3 is 5.97 Å². The number of hydrogen-bond acceptors (Lipinski definition) is 7. The number of halogens is 1. The standard InChI is InChI=1S/C26H26FN5O4/c1-35-26-20(27)12-17(14-29-26)24(13-25(33)34)32-23-7-5-19(11-16(23)15-30-32)36-10-8-18-4-6-21-22(31-18)3-2-9-28-21/h4-7,11-12,14-15,24,28H,2-3,8-10,13H2,1H3,(H,33,34). The highest BCUT2D eigenvalue weighted by molar-refractivity contribution is 5.81. The van der Waals surface area contributed by atoms with Crippen LogP contribution in [0.4, 0.5) is 10.1 Å². The fourth-order valence-electron chi connectivity index (χ4n) is 4.44. The molecule has 1 aliphatic heterocycles. The summed E-state index contributed by atoms with van der Waals surface area (Å²) < 4.78 is 26.7. The van der Waals surface area contributed by atoms with E-state index in [1.165, 1.54) is 19.4 Å². The molecule has 0 spiro atoms. The predicted octanol–water partition coefficient (Wildman–Crippen LogP) is 4.02. The number of rotatable bonds is 9. The van der Waals surface area contributed by atoms with Gasteiger partial charge in [-0.1, -0.05) is 0 Å². The number of benzene rings is 1. The van der Waals surface area contributed by atoms with Gasteiger partial charge in [0.05, 0.1) is 49.3 Å². The second-order valence-electron chi connectivity index (χ2n) is 8.61. The third-order valence-electron chi connectivity index (χ3n) is 6.20. The molecule has 5 rings (SSSR count). The lowest BCUT2D eigenvalue weighted by Crippen LogP contribution is -2.17. The van der Waals surface area contributed by atoms with Gasteiger partial charge in [0.25, 0.3) is 0 Å². The fourth-order valence-corrected chi connectivity index (χ4v) is 4.44. The number of aliphatic carboxylic acids is 1. The Bertz CT molecular complexity index is 1410. The first-order chi connectivity index (χ1) is 17.5. The number of ether oxygens (including phenoxy) is 2. The average Bonchev–Trinajstić information content (AvgIpc) is 3.30. The van der Waals surface area contributed by atoms with Crippen LogP contribution in [-0.4, -0.2) is 51.1 Å². The van der Waals surface area contributed by atoms with Crippen molar-refractivity contribution in [3.63, 3.8) is 0 Å². The maximum Gasteiger partial charge on any atom is 0.305 e. The lowest BCUT2D eigenvalue weighted by atomic mass is 10.1. The summed E-state index contributed by atoms with van der Waals surface area (Å²) in [7, 11) is 1.32. The lowest BCUT2D eigenvalue weighted by Gasteiger charge is -2.18. The topological polar surface area (TPSA) is 111 Å². The first-order valence-electron chi connectivity index (χ1n) is 11.8. The van der Waals surface area contributed by atoms with Crippen molar-refractivity contribution >= 4 is 22.6 Å². The predicted molar refractivity (Wildman–Crippen MR) is 131 cm³/mol. The van der Waals surface area contributed by atoms with Crippen molar-refractivity contribution in [1.82, 2.24) is 19.7 Å². The van der Waals surface area contributed by atoms with Crippen molar-refractivity contribution in [2.45, 2.75) is 31.7 Å². The summed E-state index contributed by atoms with van der Waals surface area (Å²) in [6, 6.07) is 10.1. The van der Waals surface area contributed by atoms with Crippen molar-refractivity contribution in [3.8, 4) is 11.6 Å². The quantitative estimate of drug-likeness (QED) is 0.361. The summed E-state index contributed by atoms with van der Waals surface area (Å²) in [5, 5.41) is 18.0. The van der Waals surface area contributed by atoms with Crippen LogP contribution in [0.2, 0.25) is 0 Å². The maximum atomic E-state index is 14.3. The van der Waals surface area contributed by atoms with Crippen LogP contribution in [0.5, 0.6) is 11.6 Å². The number of nitrogens with one attached hydrogen (secondary N) is 1. The number of carboxylic acid groups (broad SMARTS) is 1. The number of fused-ring (bicyclic) bond motifs is 2. The number of aromatic nitrogens is 4. The first kappa shape index (κ1) is 23.5. The molecule has 0 saturated carbocycles. The number of anilines is 1. The van der Waals surface area contributed by atoms with Crippen LogP contribution < -0.4 is 14.8 Å². The number of pyridine rings is 2. The van der Waals surface area contributed by atoms with Gasteiger partial charge < -0.3 is 19.9 Å². The molecule has 0 saturated heterocycles. The molecule has 4 aromatic rings. The second kappa shape index (κ2) is 10.2. The van der Waals surface area contributed by atoms with Gasteiger partial charge in [0, 0.05) is 30.2 Å². The van der Waals surface area contributed by atoms with Gasteiger partial charge in [-0.3, -0.25) is 14.5 Å². The van der Waals surface area contributed by atoms with E-state index in [9.17, 15) is 14.3 Å². The summed E-state index contributed by atoms with van der Waals surface area (Å²) in [4.78, 5) is 20.3. The van der Waals surface area contributed by atoms with Crippen LogP contribution in [0, 0.1) is 5.82 Å². The Morgan fingerprint density at radius 2 is 2.14 bits per heavy atom. The summed E-state index contributed by atoms with van der Waals surface area (Å²) in [5.74, 6) is -1.18. The van der Waals surface area contributed by atoms with Crippen LogP contribution in [0.3, 0.4) is 0 Å². The molecule has 0 aliphatic carbocycles. The van der Waals surface area contributed by atoms with E-state index in [2.05, 4.69) is 21.5 Å². The van der Waals surface area contributed by atoms with Crippen molar-refractivity contribution < 1.29 is 23.8 Å². The highest BCUT2D eigenvalue weighted by Gasteiger charge is 2.23. The summed E-state index contributed by atoms with van der Waals surface area (Å²) in [6.07, 6.45) is 5.52. The van der Waals surface area contributed by atoms with Gasteiger partial charge in [0.2, 0.25) is 5.88 Å². The summed E-state index contributed by atoms with van der Waals surface area (Å²) >= 11 is 0. The highest BCUT2D eigenvalue weighted by Crippen LogP contribution is 2.30. The summed E-state index contributed by atoms with van der Waals surface area (Å²) in [5.41, 5.74) is 4.30. The number of aryl methyl sites for hydroxylation is 1. The van der Waals surface area contributed by atoms with Gasteiger partial charge in [-0.2, -0.15) is 5.10 Å². The monoisotopic (exact) mass is 491 g/mol. The normalized spacial score (nSPS) is 13.6. The Hall–Kier alpha value is -4.21. The number of nitrogens with zero attached hydrogens (tertiary/aromatic N) is 4. The zero-order valence-corrected chi connectivity index (χ0v) is 19.8. The molecule has 10 heteroatoms. The molecule has 0 fully saturated rings. The van der Waals surface area contributed by atoms with Gasteiger partial charge in [-0.15, -0.1) is 0 Å². The Morgan fingerprint density at radius 3 is 2.94 bits per heavy atom. The molecular weight excluding hydrogens is 465 g/mol.